The maximum absolute atomic E-state index is 6.03. The van der Waals surface area contributed by atoms with Crippen molar-refractivity contribution in [2.24, 2.45) is 0 Å². The molecule has 2 N–H and O–H groups in total. The highest BCUT2D eigenvalue weighted by molar-refractivity contribution is 5.75. The Balaban J connectivity index is 1.24. The average molecular weight is 387 g/mol. The van der Waals surface area contributed by atoms with Crippen LogP contribution in [-0.4, -0.2) is 32.9 Å². The molecule has 3 aromatic rings. The van der Waals surface area contributed by atoms with Gasteiger partial charge in [-0.1, -0.05) is 12.5 Å². The Kier molecular flexibility index (Phi) is 4.04. The van der Waals surface area contributed by atoms with Crippen LogP contribution in [0.2, 0.25) is 0 Å². The van der Waals surface area contributed by atoms with Crippen LogP contribution in [0.4, 0.5) is 5.82 Å². The Bertz CT molecular complexity index is 1020. The topological polar surface area (TPSA) is 64.0 Å². The Hall–Kier alpha value is -2.86. The largest absolute Gasteiger partial charge is 0.472 e. The molecule has 0 aliphatic carbocycles. The van der Waals surface area contributed by atoms with E-state index in [-0.39, 0.29) is 0 Å². The molecule has 2 bridgehead atoms. The summed E-state index contributed by atoms with van der Waals surface area (Å²) in [5.74, 6) is 1.65. The van der Waals surface area contributed by atoms with Gasteiger partial charge in [-0.05, 0) is 67.1 Å². The molecule has 1 aromatic carbocycles. The van der Waals surface area contributed by atoms with Crippen molar-refractivity contribution in [1.82, 2.24) is 20.1 Å². The number of fused-ring (bicyclic) bond motifs is 5. The molecule has 2 saturated heterocycles. The van der Waals surface area contributed by atoms with Gasteiger partial charge in [-0.15, -0.1) is 0 Å². The number of pyridine rings is 1. The summed E-state index contributed by atoms with van der Waals surface area (Å²) in [6, 6.07) is 14.4. The number of nitrogens with zero attached hydrogens (tertiary/aromatic N) is 3. The van der Waals surface area contributed by atoms with Crippen molar-refractivity contribution in [2.75, 3.05) is 5.32 Å². The van der Waals surface area contributed by atoms with Gasteiger partial charge in [0.2, 0.25) is 5.88 Å². The summed E-state index contributed by atoms with van der Waals surface area (Å²) in [5.41, 5.74) is 4.46. The molecule has 0 spiro atoms. The van der Waals surface area contributed by atoms with Crippen molar-refractivity contribution >= 4 is 5.82 Å². The lowest BCUT2D eigenvalue weighted by atomic mass is 9.84. The van der Waals surface area contributed by atoms with Gasteiger partial charge in [-0.3, -0.25) is 0 Å². The number of anilines is 1. The molecule has 2 aromatic heterocycles. The van der Waals surface area contributed by atoms with E-state index in [0.717, 1.165) is 22.9 Å². The minimum Gasteiger partial charge on any atom is -0.472 e. The Labute approximate surface area is 170 Å². The van der Waals surface area contributed by atoms with Crippen molar-refractivity contribution in [1.29, 1.82) is 0 Å². The zero-order valence-electron chi connectivity index (χ0n) is 16.3. The van der Waals surface area contributed by atoms with Crippen LogP contribution in [0.5, 0.6) is 5.88 Å². The number of ether oxygens (including phenoxy) is 1. The fourth-order valence-electron chi connectivity index (χ4n) is 5.10. The van der Waals surface area contributed by atoms with E-state index < -0.39 is 0 Å². The molecule has 0 radical (unpaired) electrons. The second kappa shape index (κ2) is 6.88. The van der Waals surface area contributed by atoms with E-state index in [1.165, 1.54) is 43.2 Å². The summed E-state index contributed by atoms with van der Waals surface area (Å²) in [7, 11) is 0. The third-order valence-corrected chi connectivity index (χ3v) is 6.44. The van der Waals surface area contributed by atoms with Crippen molar-refractivity contribution in [3.63, 3.8) is 0 Å². The highest BCUT2D eigenvalue weighted by Gasteiger charge is 2.31. The molecule has 148 valence electrons. The van der Waals surface area contributed by atoms with E-state index in [1.807, 2.05) is 16.9 Å². The van der Waals surface area contributed by atoms with E-state index in [0.29, 0.717) is 24.7 Å². The molecule has 2 unspecified atom stereocenters. The summed E-state index contributed by atoms with van der Waals surface area (Å²) in [5, 5.41) is 11.7. The zero-order chi connectivity index (χ0) is 19.2. The second-order valence-electron chi connectivity index (χ2n) is 8.43. The van der Waals surface area contributed by atoms with Gasteiger partial charge >= 0.3 is 0 Å². The number of benzene rings is 1. The molecule has 6 heteroatoms. The molecule has 3 aliphatic heterocycles. The van der Waals surface area contributed by atoms with Crippen LogP contribution >= 0.6 is 0 Å². The Morgan fingerprint density at radius 2 is 1.93 bits per heavy atom. The summed E-state index contributed by atoms with van der Waals surface area (Å²) in [4.78, 5) is 4.80. The van der Waals surface area contributed by atoms with E-state index in [2.05, 4.69) is 46.1 Å². The maximum Gasteiger partial charge on any atom is 0.223 e. The normalized spacial score (nSPS) is 24.9. The first-order valence-corrected chi connectivity index (χ1v) is 10.6. The van der Waals surface area contributed by atoms with Crippen LogP contribution < -0.4 is 15.4 Å². The summed E-state index contributed by atoms with van der Waals surface area (Å²) in [6.07, 6.45) is 10.1. The summed E-state index contributed by atoms with van der Waals surface area (Å²) in [6.45, 7) is 0.533. The monoisotopic (exact) mass is 387 g/mol. The highest BCUT2D eigenvalue weighted by atomic mass is 16.5. The zero-order valence-corrected chi connectivity index (χ0v) is 16.3. The minimum absolute atomic E-state index is 0.490. The summed E-state index contributed by atoms with van der Waals surface area (Å²) < 4.78 is 7.90. The molecule has 29 heavy (non-hydrogen) atoms. The summed E-state index contributed by atoms with van der Waals surface area (Å²) >= 11 is 0. The van der Waals surface area contributed by atoms with Crippen LogP contribution in [0.3, 0.4) is 0 Å². The quantitative estimate of drug-likeness (QED) is 0.713. The molecule has 0 amide bonds. The van der Waals surface area contributed by atoms with Crippen molar-refractivity contribution in [2.45, 2.75) is 56.8 Å². The Morgan fingerprint density at radius 3 is 2.76 bits per heavy atom. The van der Waals surface area contributed by atoms with E-state index >= 15 is 0 Å². The van der Waals surface area contributed by atoms with E-state index in [4.69, 9.17) is 9.72 Å². The number of rotatable bonds is 3. The lowest BCUT2D eigenvalue weighted by Crippen LogP contribution is -2.52. The third kappa shape index (κ3) is 3.17. The van der Waals surface area contributed by atoms with Crippen LogP contribution in [0.1, 0.15) is 37.7 Å². The van der Waals surface area contributed by atoms with Crippen LogP contribution in [0.25, 0.3) is 16.8 Å². The average Bonchev–Trinajstić information content (AvgIpc) is 3.28. The first kappa shape index (κ1) is 17.0. The lowest BCUT2D eigenvalue weighted by Gasteiger charge is -2.40. The number of piperidine rings is 2. The maximum atomic E-state index is 6.03. The van der Waals surface area contributed by atoms with E-state index in [1.54, 1.807) is 6.20 Å². The highest BCUT2D eigenvalue weighted by Crippen LogP contribution is 2.38. The van der Waals surface area contributed by atoms with Crippen LogP contribution in [0.15, 0.2) is 48.8 Å². The minimum atomic E-state index is 0.490. The third-order valence-electron chi connectivity index (χ3n) is 6.44. The number of aromatic nitrogens is 3. The number of nitrogens with one attached hydrogen (secondary N) is 2. The fourth-order valence-corrected chi connectivity index (χ4v) is 5.10. The van der Waals surface area contributed by atoms with Gasteiger partial charge in [0.15, 0.2) is 0 Å². The smallest absolute Gasteiger partial charge is 0.223 e. The number of hydrogen-bond donors (Lipinski definition) is 2. The first-order chi connectivity index (χ1) is 14.3. The van der Waals surface area contributed by atoms with Crippen LogP contribution in [-0.2, 0) is 6.61 Å². The molecular weight excluding hydrogens is 362 g/mol. The molecule has 2 fully saturated rings. The van der Waals surface area contributed by atoms with Crippen LogP contribution in [0, 0.1) is 0 Å². The molecule has 6 rings (SSSR count). The first-order valence-electron chi connectivity index (χ1n) is 10.6. The standard InChI is InChI=1S/C23H25N5O/c1-3-16-12-18(13-17(4-1)25-16)26-22-8-7-21-20-6-5-19(28-10-2-9-24-28)11-15(20)14-29-23(21)27-22/h2,5-11,16-18,25H,1,3-4,12-14H2,(H,26,27). The molecule has 3 aliphatic rings. The van der Waals surface area contributed by atoms with Gasteiger partial charge in [-0.25, -0.2) is 4.68 Å². The van der Waals surface area contributed by atoms with Crippen molar-refractivity contribution < 1.29 is 4.74 Å². The molecule has 0 saturated carbocycles. The SMILES string of the molecule is c1cnn(-c2ccc3c(c2)COc2nc(NC4CC5CCCC(C4)N5)ccc2-3)c1. The van der Waals surface area contributed by atoms with Gasteiger partial charge in [0.1, 0.15) is 12.4 Å². The van der Waals surface area contributed by atoms with Gasteiger partial charge in [0.25, 0.3) is 0 Å². The molecule has 2 atom stereocenters. The van der Waals surface area contributed by atoms with Gasteiger partial charge in [0, 0.05) is 36.1 Å². The van der Waals surface area contributed by atoms with Gasteiger partial charge in [0.05, 0.1) is 5.69 Å². The molecular formula is C23H25N5O. The van der Waals surface area contributed by atoms with E-state index in [9.17, 15) is 0 Å². The number of hydrogen-bond acceptors (Lipinski definition) is 5. The predicted octanol–water partition coefficient (Wildman–Crippen LogP) is 3.91. The van der Waals surface area contributed by atoms with Crippen molar-refractivity contribution in [3.05, 3.63) is 54.4 Å². The predicted molar refractivity (Wildman–Crippen MR) is 112 cm³/mol. The van der Waals surface area contributed by atoms with Gasteiger partial charge < -0.3 is 15.4 Å². The molecule has 6 nitrogen and oxygen atoms in total. The van der Waals surface area contributed by atoms with Gasteiger partial charge in [-0.2, -0.15) is 10.1 Å². The molecule has 5 heterocycles. The lowest BCUT2D eigenvalue weighted by molar-refractivity contribution is 0.230. The van der Waals surface area contributed by atoms with Crippen molar-refractivity contribution in [3.8, 4) is 22.7 Å². The fraction of sp³-hybridized carbons (Fsp3) is 0.391. The second-order valence-corrected chi connectivity index (χ2v) is 8.43. The Morgan fingerprint density at radius 1 is 1.07 bits per heavy atom.